The Bertz CT molecular complexity index is 574. The second kappa shape index (κ2) is 7.71. The number of quaternary nitrogens is 1. The molecule has 0 amide bonds. The molecule has 0 N–H and O–H groups in total. The van der Waals surface area contributed by atoms with Crippen LogP contribution in [-0.2, 0) is 0 Å². The number of rotatable bonds is 5. The number of carbonyl (C=O) groups excluding carboxylic acids is 1. The van der Waals surface area contributed by atoms with Gasteiger partial charge in [0.25, 0.3) is 0 Å². The molecule has 2 aromatic rings. The van der Waals surface area contributed by atoms with E-state index in [0.29, 0.717) is 0 Å². The van der Waals surface area contributed by atoms with Crippen LogP contribution in [0.25, 0.3) is 0 Å². The first-order chi connectivity index (χ1) is 9.60. The topological polar surface area (TPSA) is 17.1 Å². The van der Waals surface area contributed by atoms with Gasteiger partial charge in [-0.2, -0.15) is 0 Å². The summed E-state index contributed by atoms with van der Waals surface area (Å²) < 4.78 is 0.889. The third-order valence-electron chi connectivity index (χ3n) is 4.18. The van der Waals surface area contributed by atoms with Crippen molar-refractivity contribution in [2.75, 3.05) is 20.1 Å². The minimum Gasteiger partial charge on any atom is -1.00 e. The second-order valence-electron chi connectivity index (χ2n) is 5.27. The third kappa shape index (κ3) is 3.92. The fourth-order valence-electron chi connectivity index (χ4n) is 2.32. The number of hydrogen-bond acceptors (Lipinski definition) is 1. The maximum Gasteiger partial charge on any atom is 0.193 e. The van der Waals surface area contributed by atoms with Crippen LogP contribution in [0.2, 0.25) is 0 Å². The molecule has 0 atom stereocenters. The van der Waals surface area contributed by atoms with Crippen LogP contribution in [0.5, 0.6) is 0 Å². The average molecular weight is 395 g/mol. The summed E-state index contributed by atoms with van der Waals surface area (Å²) in [5.41, 5.74) is 2.74. The van der Waals surface area contributed by atoms with Gasteiger partial charge in [0.1, 0.15) is 5.69 Å². The van der Waals surface area contributed by atoms with Gasteiger partial charge >= 0.3 is 0 Å². The zero-order valence-electron chi connectivity index (χ0n) is 12.8. The maximum absolute atomic E-state index is 12.3. The van der Waals surface area contributed by atoms with Crippen molar-refractivity contribution in [1.29, 1.82) is 0 Å². The van der Waals surface area contributed by atoms with Crippen LogP contribution in [0.3, 0.4) is 0 Å². The molecule has 0 aromatic heterocycles. The summed E-state index contributed by atoms with van der Waals surface area (Å²) in [7, 11) is 2.22. The first kappa shape index (κ1) is 17.9. The van der Waals surface area contributed by atoms with Gasteiger partial charge in [-0.1, -0.05) is 30.3 Å². The zero-order chi connectivity index (χ0) is 14.6. The minimum absolute atomic E-state index is 0. The lowest BCUT2D eigenvalue weighted by Crippen LogP contribution is -3.00. The molecular formula is C18H22INO. The molecule has 0 aliphatic rings. The van der Waals surface area contributed by atoms with Crippen molar-refractivity contribution in [3.8, 4) is 0 Å². The average Bonchev–Trinajstić information content (AvgIpc) is 2.54. The summed E-state index contributed by atoms with van der Waals surface area (Å²) in [6.45, 7) is 6.46. The molecule has 21 heavy (non-hydrogen) atoms. The molecule has 2 rings (SSSR count). The van der Waals surface area contributed by atoms with E-state index in [-0.39, 0.29) is 29.8 Å². The van der Waals surface area contributed by atoms with Gasteiger partial charge in [0.2, 0.25) is 0 Å². The Morgan fingerprint density at radius 1 is 0.857 bits per heavy atom. The number of halogens is 1. The first-order valence-electron chi connectivity index (χ1n) is 7.15. The van der Waals surface area contributed by atoms with Crippen molar-refractivity contribution < 1.29 is 28.8 Å². The van der Waals surface area contributed by atoms with E-state index in [9.17, 15) is 4.79 Å². The Hall–Kier alpha value is -1.20. The smallest absolute Gasteiger partial charge is 0.193 e. The van der Waals surface area contributed by atoms with Crippen LogP contribution in [0.4, 0.5) is 5.69 Å². The molecule has 0 spiro atoms. The Kier molecular flexibility index (Phi) is 6.55. The summed E-state index contributed by atoms with van der Waals surface area (Å²) in [4.78, 5) is 12.3. The summed E-state index contributed by atoms with van der Waals surface area (Å²) in [5, 5.41) is 0. The molecule has 112 valence electrons. The van der Waals surface area contributed by atoms with Gasteiger partial charge in [0.15, 0.2) is 5.78 Å². The largest absolute Gasteiger partial charge is 1.00 e. The van der Waals surface area contributed by atoms with Crippen LogP contribution in [-0.4, -0.2) is 25.9 Å². The number of carbonyl (C=O) groups is 1. The summed E-state index contributed by atoms with van der Waals surface area (Å²) in [6.07, 6.45) is 0. The molecule has 0 saturated heterocycles. The number of nitrogens with zero attached hydrogens (tertiary/aromatic N) is 1. The van der Waals surface area contributed by atoms with Crippen molar-refractivity contribution in [3.05, 3.63) is 65.7 Å². The fourth-order valence-corrected chi connectivity index (χ4v) is 2.32. The molecule has 0 radical (unpaired) electrons. The van der Waals surface area contributed by atoms with Crippen LogP contribution in [0.1, 0.15) is 29.8 Å². The van der Waals surface area contributed by atoms with E-state index in [4.69, 9.17) is 0 Å². The number of hydrogen-bond donors (Lipinski definition) is 0. The predicted molar refractivity (Wildman–Crippen MR) is 85.1 cm³/mol. The van der Waals surface area contributed by atoms with Crippen molar-refractivity contribution in [2.24, 2.45) is 0 Å². The van der Waals surface area contributed by atoms with Crippen molar-refractivity contribution in [2.45, 2.75) is 13.8 Å². The quantitative estimate of drug-likeness (QED) is 0.418. The Balaban J connectivity index is 0.00000220. The number of ketones is 1. The lowest BCUT2D eigenvalue weighted by molar-refractivity contribution is -0.0000114. The highest BCUT2D eigenvalue weighted by atomic mass is 127. The van der Waals surface area contributed by atoms with Gasteiger partial charge in [-0.15, -0.1) is 0 Å². The molecule has 0 aliphatic carbocycles. The van der Waals surface area contributed by atoms with Crippen LogP contribution in [0.15, 0.2) is 54.6 Å². The zero-order valence-corrected chi connectivity index (χ0v) is 15.0. The molecule has 0 saturated carbocycles. The van der Waals surface area contributed by atoms with E-state index in [1.165, 1.54) is 5.69 Å². The highest BCUT2D eigenvalue weighted by Gasteiger charge is 2.20. The van der Waals surface area contributed by atoms with E-state index < -0.39 is 0 Å². The number of benzene rings is 2. The maximum atomic E-state index is 12.3. The van der Waals surface area contributed by atoms with Gasteiger partial charge in [-0.25, -0.2) is 0 Å². The van der Waals surface area contributed by atoms with E-state index >= 15 is 0 Å². The predicted octanol–water partition coefficient (Wildman–Crippen LogP) is 0.898. The van der Waals surface area contributed by atoms with E-state index in [0.717, 1.165) is 28.7 Å². The first-order valence-corrected chi connectivity index (χ1v) is 7.15. The summed E-state index contributed by atoms with van der Waals surface area (Å²) in [5.74, 6) is 0.0827. The van der Waals surface area contributed by atoms with Crippen LogP contribution >= 0.6 is 0 Å². The van der Waals surface area contributed by atoms with E-state index in [2.05, 4.69) is 33.0 Å². The fraction of sp³-hybridized carbons (Fsp3) is 0.278. The second-order valence-corrected chi connectivity index (χ2v) is 5.27. The van der Waals surface area contributed by atoms with Gasteiger partial charge in [-0.05, 0) is 38.1 Å². The molecule has 3 heteroatoms. The van der Waals surface area contributed by atoms with Crippen molar-refractivity contribution in [3.63, 3.8) is 0 Å². The standard InChI is InChI=1S/C18H22NO.HI/c1-4-19(3,5-2)17-13-11-16(12-14-17)18(20)15-9-7-6-8-10-15;/h6-14H,4-5H2,1-3H3;1H/q+1;/p-1. The van der Waals surface area contributed by atoms with Gasteiger partial charge in [0.05, 0.1) is 20.1 Å². The highest BCUT2D eigenvalue weighted by Crippen LogP contribution is 2.22. The summed E-state index contributed by atoms with van der Waals surface area (Å²) >= 11 is 0. The minimum atomic E-state index is 0. The molecule has 0 fully saturated rings. The molecule has 0 unspecified atom stereocenters. The SMILES string of the molecule is CC[N+](C)(CC)c1ccc(C(=O)c2ccccc2)cc1.[I-]. The lowest BCUT2D eigenvalue weighted by atomic mass is 10.0. The Morgan fingerprint density at radius 3 is 1.81 bits per heavy atom. The molecular weight excluding hydrogens is 373 g/mol. The Labute approximate surface area is 144 Å². The molecule has 0 bridgehead atoms. The molecule has 2 aromatic carbocycles. The van der Waals surface area contributed by atoms with Crippen molar-refractivity contribution >= 4 is 11.5 Å². The lowest BCUT2D eigenvalue weighted by Gasteiger charge is -2.31. The Morgan fingerprint density at radius 2 is 1.33 bits per heavy atom. The van der Waals surface area contributed by atoms with E-state index in [1.54, 1.807) is 0 Å². The monoisotopic (exact) mass is 395 g/mol. The molecule has 0 aliphatic heterocycles. The third-order valence-corrected chi connectivity index (χ3v) is 4.18. The van der Waals surface area contributed by atoms with Crippen LogP contribution in [0, 0.1) is 0 Å². The van der Waals surface area contributed by atoms with Crippen LogP contribution < -0.4 is 28.5 Å². The van der Waals surface area contributed by atoms with Gasteiger partial charge in [-0.3, -0.25) is 9.28 Å². The molecule has 0 heterocycles. The highest BCUT2D eigenvalue weighted by molar-refractivity contribution is 6.09. The normalized spacial score (nSPS) is 10.8. The molecule has 2 nitrogen and oxygen atoms in total. The van der Waals surface area contributed by atoms with Gasteiger partial charge in [0, 0.05) is 11.1 Å². The van der Waals surface area contributed by atoms with E-state index in [1.807, 2.05) is 42.5 Å². The summed E-state index contributed by atoms with van der Waals surface area (Å²) in [6, 6.07) is 17.4. The van der Waals surface area contributed by atoms with Crippen molar-refractivity contribution in [1.82, 2.24) is 4.48 Å². The van der Waals surface area contributed by atoms with Gasteiger partial charge < -0.3 is 24.0 Å².